The molecule has 11 heteroatoms. The van der Waals surface area contributed by atoms with Crippen LogP contribution in [-0.2, 0) is 11.3 Å². The first-order valence-electron chi connectivity index (χ1n) is 11.4. The van der Waals surface area contributed by atoms with Crippen molar-refractivity contribution in [2.45, 2.75) is 12.1 Å². The third-order valence-corrected chi connectivity index (χ3v) is 6.22. The van der Waals surface area contributed by atoms with E-state index in [-0.39, 0.29) is 28.9 Å². The summed E-state index contributed by atoms with van der Waals surface area (Å²) in [5.41, 5.74) is -1.01. The second kappa shape index (κ2) is 10.4. The van der Waals surface area contributed by atoms with Gasteiger partial charge in [0.25, 0.3) is 11.8 Å². The molecule has 192 valence electrons. The number of halogens is 1. The van der Waals surface area contributed by atoms with Crippen LogP contribution in [0.5, 0.6) is 11.6 Å². The molecular weight excluding hydrogens is 498 g/mol. The first-order valence-corrected chi connectivity index (χ1v) is 11.7. The van der Waals surface area contributed by atoms with Crippen LogP contribution in [0.4, 0.5) is 4.79 Å². The van der Waals surface area contributed by atoms with Crippen LogP contribution in [0.1, 0.15) is 15.9 Å². The summed E-state index contributed by atoms with van der Waals surface area (Å²) in [5, 5.41) is 19.9. The number of ether oxygens (including phenoxy) is 1. The van der Waals surface area contributed by atoms with Gasteiger partial charge in [-0.25, -0.2) is 4.79 Å². The Hall–Kier alpha value is -4.20. The zero-order valence-corrected chi connectivity index (χ0v) is 21.3. The summed E-state index contributed by atoms with van der Waals surface area (Å²) in [5.74, 6) is 5.17. The first kappa shape index (κ1) is 25.9. The van der Waals surface area contributed by atoms with Crippen molar-refractivity contribution < 1.29 is 24.2 Å². The lowest BCUT2D eigenvalue weighted by Crippen LogP contribution is -2.49. The van der Waals surface area contributed by atoms with Crippen molar-refractivity contribution in [1.29, 1.82) is 0 Å². The van der Waals surface area contributed by atoms with Crippen LogP contribution in [-0.4, -0.2) is 72.3 Å². The molecule has 0 saturated carbocycles. The molecule has 4 rings (SSSR count). The van der Waals surface area contributed by atoms with E-state index in [1.165, 1.54) is 17.7 Å². The molecule has 0 radical (unpaired) electrons. The summed E-state index contributed by atoms with van der Waals surface area (Å²) in [7, 11) is 5.32. The van der Waals surface area contributed by atoms with Gasteiger partial charge < -0.3 is 29.9 Å². The molecule has 1 aromatic heterocycles. The number of fused-ring (bicyclic) bond motifs is 1. The minimum Gasteiger partial charge on any atom is -0.497 e. The second-order valence-corrected chi connectivity index (χ2v) is 9.26. The number of aromatic hydroxyl groups is 1. The van der Waals surface area contributed by atoms with Gasteiger partial charge in [-0.15, -0.1) is 0 Å². The van der Waals surface area contributed by atoms with E-state index in [1.54, 1.807) is 36.5 Å². The largest absolute Gasteiger partial charge is 0.497 e. The molecule has 37 heavy (non-hydrogen) atoms. The van der Waals surface area contributed by atoms with E-state index in [2.05, 4.69) is 27.8 Å². The number of methoxy groups -OCH3 is 1. The molecule has 4 N–H and O–H groups in total. The number of nitrogens with zero attached hydrogens (tertiary/aromatic N) is 2. The molecule has 1 fully saturated rings. The summed E-state index contributed by atoms with van der Waals surface area (Å²) in [6.45, 7) is 0.939. The van der Waals surface area contributed by atoms with E-state index in [0.717, 1.165) is 0 Å². The Morgan fingerprint density at radius 1 is 1.24 bits per heavy atom. The predicted octanol–water partition coefficient (Wildman–Crippen LogP) is 1.93. The van der Waals surface area contributed by atoms with Crippen molar-refractivity contribution >= 4 is 40.2 Å². The fourth-order valence-electron chi connectivity index (χ4n) is 3.90. The third kappa shape index (κ3) is 5.48. The highest BCUT2D eigenvalue weighted by molar-refractivity contribution is 6.33. The van der Waals surface area contributed by atoms with Crippen LogP contribution in [0.2, 0.25) is 5.02 Å². The molecule has 0 bridgehead atoms. The molecule has 2 aromatic carbocycles. The van der Waals surface area contributed by atoms with Crippen LogP contribution in [0.15, 0.2) is 42.6 Å². The van der Waals surface area contributed by atoms with Crippen LogP contribution >= 0.6 is 11.6 Å². The van der Waals surface area contributed by atoms with Crippen LogP contribution in [0.25, 0.3) is 10.8 Å². The lowest BCUT2D eigenvalue weighted by Gasteiger charge is -2.20. The Kier molecular flexibility index (Phi) is 7.29. The van der Waals surface area contributed by atoms with Crippen LogP contribution in [0.3, 0.4) is 0 Å². The van der Waals surface area contributed by atoms with Crippen molar-refractivity contribution in [2.75, 3.05) is 34.3 Å². The number of imide groups is 1. The number of amides is 4. The number of nitrogens with one attached hydrogen (secondary N) is 3. The molecule has 1 aliphatic rings. The van der Waals surface area contributed by atoms with Gasteiger partial charge in [0.1, 0.15) is 5.75 Å². The smallest absolute Gasteiger partial charge is 0.323 e. The van der Waals surface area contributed by atoms with E-state index in [0.29, 0.717) is 35.2 Å². The molecule has 1 atom stereocenters. The summed E-state index contributed by atoms with van der Waals surface area (Å²) >= 11 is 6.23. The highest BCUT2D eigenvalue weighted by Crippen LogP contribution is 2.32. The molecule has 10 nitrogen and oxygen atoms in total. The van der Waals surface area contributed by atoms with E-state index >= 15 is 0 Å². The summed E-state index contributed by atoms with van der Waals surface area (Å²) in [4.78, 5) is 39.5. The molecule has 3 aromatic rings. The van der Waals surface area contributed by atoms with E-state index in [4.69, 9.17) is 16.3 Å². The van der Waals surface area contributed by atoms with Crippen LogP contribution in [0, 0.1) is 11.8 Å². The number of rotatable bonds is 7. The van der Waals surface area contributed by atoms with E-state index in [1.807, 2.05) is 19.0 Å². The zero-order valence-electron chi connectivity index (χ0n) is 20.5. The Balaban J connectivity index is 1.66. The summed E-state index contributed by atoms with van der Waals surface area (Å²) in [6.07, 6.45) is 1.66. The lowest BCUT2D eigenvalue weighted by molar-refractivity contribution is -0.122. The van der Waals surface area contributed by atoms with E-state index in [9.17, 15) is 19.5 Å². The van der Waals surface area contributed by atoms with Gasteiger partial charge in [-0.2, -0.15) is 0 Å². The normalized spacial score (nSPS) is 16.8. The standard InChI is InChI=1S/C26H26ClN5O5/c1-31(2)11-10-28-22(33)20-12-16(4-7-21(20)27)8-9-26(24(35)29-25(36)30-26)15-32-14-17-5-6-18(37-3)13-19(17)23(32)34/h4-7,12-14,34H,10-11,15H2,1-3H3,(H,28,33)(H2,29,30,35,36)/t26-/m1/s1. The zero-order chi connectivity index (χ0) is 26.7. The molecule has 4 amide bonds. The maximum atomic E-state index is 12.9. The fraction of sp³-hybridized carbons (Fsp3) is 0.269. The quantitative estimate of drug-likeness (QED) is 0.277. The average molecular weight is 524 g/mol. The number of urea groups is 1. The molecule has 0 unspecified atom stereocenters. The highest BCUT2D eigenvalue weighted by Gasteiger charge is 2.46. The van der Waals surface area contributed by atoms with Crippen molar-refractivity contribution in [3.63, 3.8) is 0 Å². The lowest BCUT2D eigenvalue weighted by atomic mass is 9.99. The molecular formula is C26H26ClN5O5. The molecule has 1 aliphatic heterocycles. The Morgan fingerprint density at radius 2 is 2.03 bits per heavy atom. The van der Waals surface area contributed by atoms with Crippen molar-refractivity contribution in [2.24, 2.45) is 0 Å². The Morgan fingerprint density at radius 3 is 2.70 bits per heavy atom. The fourth-order valence-corrected chi connectivity index (χ4v) is 4.11. The van der Waals surface area contributed by atoms with Gasteiger partial charge in [-0.05, 0) is 50.5 Å². The number of hydrogen-bond donors (Lipinski definition) is 4. The van der Waals surface area contributed by atoms with E-state index < -0.39 is 17.5 Å². The number of aromatic nitrogens is 1. The average Bonchev–Trinajstić information content (AvgIpc) is 3.32. The molecule has 2 heterocycles. The van der Waals surface area contributed by atoms with Crippen molar-refractivity contribution in [1.82, 2.24) is 25.4 Å². The van der Waals surface area contributed by atoms with Gasteiger partial charge in [0.15, 0.2) is 5.88 Å². The van der Waals surface area contributed by atoms with Gasteiger partial charge in [0, 0.05) is 35.6 Å². The van der Waals surface area contributed by atoms with Gasteiger partial charge in [0.2, 0.25) is 5.54 Å². The Bertz CT molecular complexity index is 1450. The van der Waals surface area contributed by atoms with Gasteiger partial charge in [-0.3, -0.25) is 14.9 Å². The maximum Gasteiger partial charge on any atom is 0.323 e. The second-order valence-electron chi connectivity index (χ2n) is 8.85. The minimum atomic E-state index is -1.67. The summed E-state index contributed by atoms with van der Waals surface area (Å²) in [6, 6.07) is 9.18. The van der Waals surface area contributed by atoms with Gasteiger partial charge in [0.05, 0.1) is 24.2 Å². The maximum absolute atomic E-state index is 12.9. The third-order valence-electron chi connectivity index (χ3n) is 5.89. The first-order chi connectivity index (χ1) is 17.6. The molecule has 1 saturated heterocycles. The number of hydrogen-bond acceptors (Lipinski definition) is 6. The van der Waals surface area contributed by atoms with Gasteiger partial charge in [-0.1, -0.05) is 23.4 Å². The molecule has 0 aliphatic carbocycles. The Labute approximate surface area is 218 Å². The van der Waals surface area contributed by atoms with Crippen molar-refractivity contribution in [3.05, 3.63) is 58.7 Å². The van der Waals surface area contributed by atoms with Crippen LogP contribution < -0.4 is 20.7 Å². The minimum absolute atomic E-state index is 0.104. The number of carbonyl (C=O) groups excluding carboxylic acids is 3. The number of carbonyl (C=O) groups is 3. The molecule has 0 spiro atoms. The van der Waals surface area contributed by atoms with Gasteiger partial charge >= 0.3 is 6.03 Å². The summed E-state index contributed by atoms with van der Waals surface area (Å²) < 4.78 is 6.66. The number of benzene rings is 2. The number of likely N-dealkylation sites (N-methyl/N-ethyl adjacent to an activating group) is 1. The highest BCUT2D eigenvalue weighted by atomic mass is 35.5. The monoisotopic (exact) mass is 523 g/mol. The van der Waals surface area contributed by atoms with Crippen molar-refractivity contribution in [3.8, 4) is 23.5 Å². The predicted molar refractivity (Wildman–Crippen MR) is 139 cm³/mol. The SMILES string of the molecule is COc1ccc2cn(C[C@@]3(C#Cc4ccc(Cl)c(C(=O)NCCN(C)C)c4)NC(=O)NC3=O)c(O)c2c1. The topological polar surface area (TPSA) is 125 Å².